The number of carboxylic acids is 1. The summed E-state index contributed by atoms with van der Waals surface area (Å²) in [6.45, 7) is 5.32. The SMILES string of the molecule is COC1CCC(C2CNC(NC3CCC(CCN4CCC(C(=O)O)CC4)CC3)NC2)CC1. The minimum atomic E-state index is -0.609. The standard InChI is InChI=1S/C25H46N4O3/c1-32-23-8-4-19(5-9-23)21-16-26-25(27-17-21)28-22-6-2-18(3-7-22)10-13-29-14-11-20(12-15-29)24(30)31/h18-23,25-28H,2-17H2,1H3,(H,30,31). The summed E-state index contributed by atoms with van der Waals surface area (Å²) in [5.74, 6) is 1.71. The molecule has 0 spiro atoms. The number of carbonyl (C=O) groups is 1. The molecule has 0 bridgehead atoms. The Morgan fingerprint density at radius 2 is 1.59 bits per heavy atom. The number of carboxylic acid groups (broad SMARTS) is 1. The van der Waals surface area contributed by atoms with E-state index in [9.17, 15) is 4.79 Å². The molecule has 7 nitrogen and oxygen atoms in total. The van der Waals surface area contributed by atoms with Gasteiger partial charge in [-0.25, -0.2) is 0 Å². The molecule has 2 saturated carbocycles. The van der Waals surface area contributed by atoms with Gasteiger partial charge in [0.15, 0.2) is 0 Å². The number of hydrogen-bond donors (Lipinski definition) is 4. The molecule has 4 rings (SSSR count). The van der Waals surface area contributed by atoms with E-state index >= 15 is 0 Å². The van der Waals surface area contributed by atoms with Crippen molar-refractivity contribution in [2.45, 2.75) is 89.1 Å². The molecular formula is C25H46N4O3. The molecule has 0 aromatic rings. The lowest BCUT2D eigenvalue weighted by molar-refractivity contribution is -0.143. The lowest BCUT2D eigenvalue weighted by Gasteiger charge is -2.40. The van der Waals surface area contributed by atoms with Gasteiger partial charge in [0.1, 0.15) is 6.29 Å². The van der Waals surface area contributed by atoms with E-state index in [-0.39, 0.29) is 12.2 Å². The molecule has 0 unspecified atom stereocenters. The second-order valence-corrected chi connectivity index (χ2v) is 10.9. The van der Waals surface area contributed by atoms with Crippen molar-refractivity contribution >= 4 is 5.97 Å². The van der Waals surface area contributed by atoms with Crippen LogP contribution in [0.15, 0.2) is 0 Å². The molecule has 4 aliphatic rings. The highest BCUT2D eigenvalue weighted by atomic mass is 16.5. The van der Waals surface area contributed by atoms with E-state index in [1.807, 2.05) is 7.11 Å². The molecule has 2 aliphatic heterocycles. The van der Waals surface area contributed by atoms with Gasteiger partial charge in [-0.05, 0) is 108 Å². The van der Waals surface area contributed by atoms with Crippen LogP contribution in [0.4, 0.5) is 0 Å². The Morgan fingerprint density at radius 3 is 2.19 bits per heavy atom. The Morgan fingerprint density at radius 1 is 0.938 bits per heavy atom. The molecule has 7 heteroatoms. The highest BCUT2D eigenvalue weighted by molar-refractivity contribution is 5.70. The van der Waals surface area contributed by atoms with E-state index in [1.54, 1.807) is 0 Å². The predicted molar refractivity (Wildman–Crippen MR) is 126 cm³/mol. The first-order chi connectivity index (χ1) is 15.6. The van der Waals surface area contributed by atoms with Crippen molar-refractivity contribution in [3.05, 3.63) is 0 Å². The molecule has 184 valence electrons. The third-order valence-electron chi connectivity index (χ3n) is 8.93. The largest absolute Gasteiger partial charge is 0.481 e. The lowest BCUT2D eigenvalue weighted by atomic mass is 9.78. The number of methoxy groups -OCH3 is 1. The average Bonchev–Trinajstić information content (AvgIpc) is 2.84. The first-order valence-corrected chi connectivity index (χ1v) is 13.3. The van der Waals surface area contributed by atoms with E-state index in [2.05, 4.69) is 20.9 Å². The number of nitrogens with one attached hydrogen (secondary N) is 3. The number of rotatable bonds is 8. The Labute approximate surface area is 194 Å². The van der Waals surface area contributed by atoms with Crippen molar-refractivity contribution in [2.24, 2.45) is 23.7 Å². The Bertz CT molecular complexity index is 560. The van der Waals surface area contributed by atoms with Gasteiger partial charge in [-0.15, -0.1) is 0 Å². The fraction of sp³-hybridized carbons (Fsp3) is 0.960. The Balaban J connectivity index is 1.06. The van der Waals surface area contributed by atoms with Crippen molar-refractivity contribution in [2.75, 3.05) is 39.8 Å². The van der Waals surface area contributed by atoms with Crippen LogP contribution in [0.2, 0.25) is 0 Å². The molecule has 0 radical (unpaired) electrons. The fourth-order valence-electron chi connectivity index (χ4n) is 6.55. The summed E-state index contributed by atoms with van der Waals surface area (Å²) in [6, 6.07) is 0.622. The summed E-state index contributed by atoms with van der Waals surface area (Å²) in [5.41, 5.74) is 0. The van der Waals surface area contributed by atoms with Gasteiger partial charge < -0.3 is 14.7 Å². The van der Waals surface area contributed by atoms with Crippen LogP contribution in [-0.4, -0.2) is 74.2 Å². The monoisotopic (exact) mass is 450 g/mol. The third kappa shape index (κ3) is 6.89. The summed E-state index contributed by atoms with van der Waals surface area (Å²) >= 11 is 0. The number of likely N-dealkylation sites (tertiary alicyclic amines) is 1. The molecule has 0 aromatic heterocycles. The molecule has 4 fully saturated rings. The topological polar surface area (TPSA) is 85.9 Å². The fourth-order valence-corrected chi connectivity index (χ4v) is 6.55. The smallest absolute Gasteiger partial charge is 0.306 e. The van der Waals surface area contributed by atoms with Crippen LogP contribution >= 0.6 is 0 Å². The Kier molecular flexibility index (Phi) is 9.23. The van der Waals surface area contributed by atoms with Crippen molar-refractivity contribution in [3.8, 4) is 0 Å². The highest BCUT2D eigenvalue weighted by Crippen LogP contribution is 2.32. The summed E-state index contributed by atoms with van der Waals surface area (Å²) in [7, 11) is 1.85. The minimum absolute atomic E-state index is 0.115. The van der Waals surface area contributed by atoms with Gasteiger partial charge in [0, 0.05) is 26.2 Å². The molecule has 2 saturated heterocycles. The Hall–Kier alpha value is -0.730. The predicted octanol–water partition coefficient (Wildman–Crippen LogP) is 2.62. The maximum absolute atomic E-state index is 11.1. The van der Waals surface area contributed by atoms with Crippen LogP contribution < -0.4 is 16.0 Å². The van der Waals surface area contributed by atoms with E-state index in [1.165, 1.54) is 57.8 Å². The zero-order valence-electron chi connectivity index (χ0n) is 20.1. The van der Waals surface area contributed by atoms with Crippen molar-refractivity contribution in [1.82, 2.24) is 20.9 Å². The van der Waals surface area contributed by atoms with Gasteiger partial charge in [-0.3, -0.25) is 20.7 Å². The summed E-state index contributed by atoms with van der Waals surface area (Å²) in [5, 5.41) is 20.4. The molecular weight excluding hydrogens is 404 g/mol. The minimum Gasteiger partial charge on any atom is -0.481 e. The van der Waals surface area contributed by atoms with Gasteiger partial charge in [0.2, 0.25) is 0 Å². The molecule has 0 atom stereocenters. The van der Waals surface area contributed by atoms with Crippen LogP contribution in [0.25, 0.3) is 0 Å². The van der Waals surface area contributed by atoms with Crippen LogP contribution in [0.5, 0.6) is 0 Å². The normalized spacial score (nSPS) is 37.9. The van der Waals surface area contributed by atoms with Gasteiger partial charge in [-0.1, -0.05) is 0 Å². The van der Waals surface area contributed by atoms with Gasteiger partial charge in [0.25, 0.3) is 0 Å². The lowest BCUT2D eigenvalue weighted by Crippen LogP contribution is -2.63. The van der Waals surface area contributed by atoms with E-state index < -0.39 is 5.97 Å². The number of aliphatic carboxylic acids is 1. The second kappa shape index (κ2) is 12.1. The average molecular weight is 451 g/mol. The first kappa shape index (κ1) is 24.4. The summed E-state index contributed by atoms with van der Waals surface area (Å²) in [6.07, 6.45) is 13.9. The number of hydrogen-bond acceptors (Lipinski definition) is 6. The van der Waals surface area contributed by atoms with E-state index in [0.29, 0.717) is 12.1 Å². The molecule has 0 aromatic carbocycles. The molecule has 4 N–H and O–H groups in total. The summed E-state index contributed by atoms with van der Waals surface area (Å²) in [4.78, 5) is 13.6. The maximum atomic E-state index is 11.1. The zero-order chi connectivity index (χ0) is 22.3. The zero-order valence-corrected chi connectivity index (χ0v) is 20.1. The number of nitrogens with zero attached hydrogens (tertiary/aromatic N) is 1. The number of ether oxygens (including phenoxy) is 1. The molecule has 32 heavy (non-hydrogen) atoms. The number of piperidine rings is 1. The highest BCUT2D eigenvalue weighted by Gasteiger charge is 2.32. The van der Waals surface area contributed by atoms with Crippen LogP contribution in [0.3, 0.4) is 0 Å². The summed E-state index contributed by atoms with van der Waals surface area (Å²) < 4.78 is 5.53. The quantitative estimate of drug-likeness (QED) is 0.452. The van der Waals surface area contributed by atoms with Crippen LogP contribution in [-0.2, 0) is 9.53 Å². The van der Waals surface area contributed by atoms with Crippen molar-refractivity contribution in [1.29, 1.82) is 0 Å². The molecule has 2 aliphatic carbocycles. The van der Waals surface area contributed by atoms with Gasteiger partial charge in [0.05, 0.1) is 12.0 Å². The van der Waals surface area contributed by atoms with Gasteiger partial charge >= 0.3 is 5.97 Å². The third-order valence-corrected chi connectivity index (χ3v) is 8.93. The van der Waals surface area contributed by atoms with Crippen molar-refractivity contribution < 1.29 is 14.6 Å². The van der Waals surface area contributed by atoms with Gasteiger partial charge in [-0.2, -0.15) is 0 Å². The van der Waals surface area contributed by atoms with Crippen LogP contribution in [0.1, 0.15) is 70.6 Å². The molecule has 2 heterocycles. The van der Waals surface area contributed by atoms with Crippen molar-refractivity contribution in [3.63, 3.8) is 0 Å². The second-order valence-electron chi connectivity index (χ2n) is 10.9. The van der Waals surface area contributed by atoms with Crippen LogP contribution in [0, 0.1) is 23.7 Å². The van der Waals surface area contributed by atoms with E-state index in [0.717, 1.165) is 63.3 Å². The molecule has 0 amide bonds. The maximum Gasteiger partial charge on any atom is 0.306 e. The first-order valence-electron chi connectivity index (χ1n) is 13.3. The van der Waals surface area contributed by atoms with E-state index in [4.69, 9.17) is 9.84 Å².